The number of benzene rings is 3. The van der Waals surface area contributed by atoms with Crippen LogP contribution in [0.3, 0.4) is 0 Å². The van der Waals surface area contributed by atoms with Gasteiger partial charge in [0, 0.05) is 34.0 Å². The monoisotopic (exact) mass is 619 g/mol. The first-order chi connectivity index (χ1) is 18.9. The highest BCUT2D eigenvalue weighted by atomic mass is 35.5. The van der Waals surface area contributed by atoms with Crippen LogP contribution in [0.2, 0.25) is 10.0 Å². The van der Waals surface area contributed by atoms with Gasteiger partial charge in [-0.1, -0.05) is 42.3 Å². The van der Waals surface area contributed by atoms with E-state index >= 15 is 0 Å². The maximum absolute atomic E-state index is 14.5. The van der Waals surface area contributed by atoms with Gasteiger partial charge in [0.25, 0.3) is 0 Å². The van der Waals surface area contributed by atoms with Crippen LogP contribution in [0, 0.1) is 0 Å². The average Bonchev–Trinajstić information content (AvgIpc) is 2.85. The number of aromatic nitrogens is 1. The second kappa shape index (κ2) is 10.6. The molecule has 0 aliphatic heterocycles. The molecule has 3 N–H and O–H groups in total. The number of nitrogens with one attached hydrogen (secondary N) is 1. The van der Waals surface area contributed by atoms with Crippen molar-refractivity contribution in [1.82, 2.24) is 4.98 Å². The predicted molar refractivity (Wildman–Crippen MR) is 138 cm³/mol. The lowest BCUT2D eigenvalue weighted by molar-refractivity contribution is -0.274. The second-order valence-electron chi connectivity index (χ2n) is 9.02. The van der Waals surface area contributed by atoms with E-state index in [1.165, 1.54) is 24.3 Å². The summed E-state index contributed by atoms with van der Waals surface area (Å²) in [4.78, 5) is 24.9. The summed E-state index contributed by atoms with van der Waals surface area (Å²) in [5, 5.41) is 19.1. The highest BCUT2D eigenvalue weighted by Crippen LogP contribution is 2.51. The Morgan fingerprint density at radius 1 is 0.902 bits per heavy atom. The lowest BCUT2D eigenvalue weighted by Gasteiger charge is -2.37. The molecule has 216 valence electrons. The Labute approximate surface area is 236 Å². The summed E-state index contributed by atoms with van der Waals surface area (Å²) in [6.07, 6.45) is -10.5. The quantitative estimate of drug-likeness (QED) is 0.191. The summed E-state index contributed by atoms with van der Waals surface area (Å²) in [6.45, 7) is 1.00. The number of halogens is 8. The molecule has 0 aliphatic rings. The number of rotatable bonds is 6. The Bertz CT molecular complexity index is 1720. The molecule has 1 heterocycles. The zero-order valence-corrected chi connectivity index (χ0v) is 22.0. The number of alkyl halides is 6. The van der Waals surface area contributed by atoms with Crippen LogP contribution in [0.15, 0.2) is 65.5 Å². The minimum Gasteiger partial charge on any atom is -0.478 e. The van der Waals surface area contributed by atoms with Crippen molar-refractivity contribution in [1.29, 1.82) is 0 Å². The molecule has 1 aromatic heterocycles. The zero-order chi connectivity index (χ0) is 30.5. The van der Waals surface area contributed by atoms with E-state index in [1.807, 2.05) is 0 Å². The van der Waals surface area contributed by atoms with Gasteiger partial charge in [0.05, 0.1) is 16.1 Å². The number of aromatic amines is 1. The summed E-state index contributed by atoms with van der Waals surface area (Å²) in [5.41, 5.74) is -7.97. The number of ether oxygens (including phenoxy) is 1. The van der Waals surface area contributed by atoms with Gasteiger partial charge in [-0.25, -0.2) is 4.79 Å². The Hall–Kier alpha value is -3.74. The van der Waals surface area contributed by atoms with Crippen LogP contribution in [-0.2, 0) is 11.8 Å². The molecular formula is C27H17Cl2F6NO5. The Kier molecular flexibility index (Phi) is 7.80. The minimum atomic E-state index is -5.39. The molecule has 0 amide bonds. The van der Waals surface area contributed by atoms with Crippen LogP contribution in [0.4, 0.5) is 26.3 Å². The summed E-state index contributed by atoms with van der Waals surface area (Å²) in [5.74, 6) is -2.99. The Balaban J connectivity index is 1.76. The molecule has 0 aliphatic carbocycles. The van der Waals surface area contributed by atoms with E-state index in [0.717, 1.165) is 31.2 Å². The van der Waals surface area contributed by atoms with E-state index in [-0.39, 0.29) is 44.3 Å². The first-order valence-corrected chi connectivity index (χ1v) is 12.2. The van der Waals surface area contributed by atoms with Gasteiger partial charge in [0.1, 0.15) is 11.5 Å². The number of pyridine rings is 1. The van der Waals surface area contributed by atoms with Gasteiger partial charge in [-0.3, -0.25) is 4.79 Å². The molecule has 3 aromatic carbocycles. The van der Waals surface area contributed by atoms with E-state index in [0.29, 0.717) is 6.07 Å². The normalized spacial score (nSPS) is 14.5. The fraction of sp³-hybridized carbons (Fsp3) is 0.185. The second-order valence-corrected chi connectivity index (χ2v) is 9.84. The van der Waals surface area contributed by atoms with Crippen molar-refractivity contribution in [2.45, 2.75) is 30.8 Å². The molecule has 0 saturated heterocycles. The fourth-order valence-electron chi connectivity index (χ4n) is 4.40. The summed E-state index contributed by atoms with van der Waals surface area (Å²) < 4.78 is 89.9. The van der Waals surface area contributed by atoms with Gasteiger partial charge in [-0.05, 0) is 47.5 Å². The molecule has 0 saturated carbocycles. The van der Waals surface area contributed by atoms with Gasteiger partial charge in [-0.2, -0.15) is 26.3 Å². The van der Waals surface area contributed by atoms with Gasteiger partial charge < -0.3 is 19.9 Å². The molecule has 0 bridgehead atoms. The molecule has 2 atom stereocenters. The van der Waals surface area contributed by atoms with Gasteiger partial charge in [0.15, 0.2) is 5.60 Å². The minimum absolute atomic E-state index is 0.0325. The maximum atomic E-state index is 14.5. The fourth-order valence-corrected chi connectivity index (χ4v) is 4.99. The number of aliphatic hydroxyl groups is 1. The van der Waals surface area contributed by atoms with Crippen molar-refractivity contribution in [3.05, 3.63) is 103 Å². The molecule has 41 heavy (non-hydrogen) atoms. The van der Waals surface area contributed by atoms with Crippen molar-refractivity contribution in [2.24, 2.45) is 0 Å². The smallest absolute Gasteiger partial charge is 0.422 e. The predicted octanol–water partition coefficient (Wildman–Crippen LogP) is 7.90. The van der Waals surface area contributed by atoms with E-state index < -0.39 is 51.9 Å². The molecule has 0 radical (unpaired) electrons. The van der Waals surface area contributed by atoms with Gasteiger partial charge in [0.2, 0.25) is 5.56 Å². The first-order valence-electron chi connectivity index (χ1n) is 11.5. The lowest BCUT2D eigenvalue weighted by atomic mass is 9.77. The summed E-state index contributed by atoms with van der Waals surface area (Å²) in [6, 6.07) is 9.61. The molecular weight excluding hydrogens is 603 g/mol. The molecule has 4 aromatic rings. The number of aromatic carboxylic acids is 1. The topological polar surface area (TPSA) is 99.6 Å². The average molecular weight is 620 g/mol. The molecule has 2 unspecified atom stereocenters. The highest BCUT2D eigenvalue weighted by Gasteiger charge is 2.59. The molecule has 0 fully saturated rings. The van der Waals surface area contributed by atoms with E-state index in [9.17, 15) is 41.0 Å². The number of carbonyl (C=O) groups is 1. The van der Waals surface area contributed by atoms with Gasteiger partial charge in [-0.15, -0.1) is 0 Å². The van der Waals surface area contributed by atoms with Crippen molar-refractivity contribution in [3.63, 3.8) is 0 Å². The first kappa shape index (κ1) is 30.2. The third-order valence-corrected chi connectivity index (χ3v) is 7.13. The van der Waals surface area contributed by atoms with Crippen LogP contribution in [0.25, 0.3) is 10.9 Å². The van der Waals surface area contributed by atoms with Crippen molar-refractivity contribution in [2.75, 3.05) is 0 Å². The van der Waals surface area contributed by atoms with Crippen LogP contribution in [-0.4, -0.2) is 27.3 Å². The molecule has 6 nitrogen and oxygen atoms in total. The summed E-state index contributed by atoms with van der Waals surface area (Å²) >= 11 is 12.2. The standard InChI is InChI=1S/C27H17Cl2F6NO5/c1-12(16-5-3-14(9-20(16)28)41-15-4-6-17(24(38)39)21(29)10-15)25(40,27(33,34)35)13-2-7-22-18(8-13)19(26(30,31)32)11-23(37)36-22/h2-12,40H,1H3,(H,36,37)(H,38,39). The number of carboxylic acids is 1. The number of hydrogen-bond acceptors (Lipinski definition) is 4. The summed E-state index contributed by atoms with van der Waals surface area (Å²) in [7, 11) is 0. The Morgan fingerprint density at radius 2 is 1.51 bits per heavy atom. The largest absolute Gasteiger partial charge is 0.478 e. The van der Waals surface area contributed by atoms with Crippen molar-refractivity contribution < 1.29 is 46.1 Å². The number of fused-ring (bicyclic) bond motifs is 1. The zero-order valence-electron chi connectivity index (χ0n) is 20.5. The van der Waals surface area contributed by atoms with Crippen molar-refractivity contribution in [3.8, 4) is 11.5 Å². The molecule has 4 rings (SSSR count). The molecule has 0 spiro atoms. The lowest BCUT2D eigenvalue weighted by Crippen LogP contribution is -2.46. The third-order valence-electron chi connectivity index (χ3n) is 6.49. The van der Waals surface area contributed by atoms with Crippen LogP contribution in [0.5, 0.6) is 11.5 Å². The molecule has 14 heteroatoms. The number of hydrogen-bond donors (Lipinski definition) is 3. The number of H-pyrrole nitrogens is 1. The third kappa shape index (κ3) is 5.72. The van der Waals surface area contributed by atoms with Crippen LogP contribution in [0.1, 0.15) is 39.9 Å². The SMILES string of the molecule is CC(c1ccc(Oc2ccc(C(=O)O)c(Cl)c2)cc1Cl)C(O)(c1ccc2[nH]c(=O)cc(C(F)(F)F)c2c1)C(F)(F)F. The highest BCUT2D eigenvalue weighted by molar-refractivity contribution is 6.33. The van der Waals surface area contributed by atoms with Crippen molar-refractivity contribution >= 4 is 40.1 Å². The van der Waals surface area contributed by atoms with Gasteiger partial charge >= 0.3 is 18.3 Å². The van der Waals surface area contributed by atoms with Crippen LogP contribution < -0.4 is 10.3 Å². The van der Waals surface area contributed by atoms with E-state index in [4.69, 9.17) is 33.0 Å². The number of carboxylic acid groups (broad SMARTS) is 1. The Morgan fingerprint density at radius 3 is 2.05 bits per heavy atom. The van der Waals surface area contributed by atoms with E-state index in [1.54, 1.807) is 0 Å². The van der Waals surface area contributed by atoms with Crippen LogP contribution >= 0.6 is 23.2 Å². The van der Waals surface area contributed by atoms with E-state index in [2.05, 4.69) is 4.98 Å². The maximum Gasteiger partial charge on any atom is 0.422 e.